The number of benzene rings is 4. The van der Waals surface area contributed by atoms with Gasteiger partial charge in [-0.05, 0) is 68.1 Å². The molecule has 0 aromatic heterocycles. The van der Waals surface area contributed by atoms with Crippen molar-refractivity contribution in [3.63, 3.8) is 0 Å². The predicted octanol–water partition coefficient (Wildman–Crippen LogP) is 7.26. The molecule has 1 aliphatic rings. The van der Waals surface area contributed by atoms with Gasteiger partial charge in [0.05, 0.1) is 0 Å². The summed E-state index contributed by atoms with van der Waals surface area (Å²) in [5.74, 6) is 4.52. The first kappa shape index (κ1) is 18.1. The zero-order valence-corrected chi connectivity index (χ0v) is 17.6. The fraction of sp³-hybridized carbons (Fsp3) is 0.231. The molecule has 0 N–H and O–H groups in total. The highest BCUT2D eigenvalue weighted by Crippen LogP contribution is 2.31. The van der Waals surface area contributed by atoms with Crippen LogP contribution in [0.25, 0.3) is 21.5 Å². The Labute approximate surface area is 175 Å². The zero-order chi connectivity index (χ0) is 18.8. The highest BCUT2D eigenvalue weighted by molar-refractivity contribution is 7.98. The van der Waals surface area contributed by atoms with Gasteiger partial charge in [-0.2, -0.15) is 23.5 Å². The molecule has 0 atom stereocenters. The minimum atomic E-state index is 1.09. The Kier molecular flexibility index (Phi) is 5.33. The van der Waals surface area contributed by atoms with Gasteiger partial charge in [0.1, 0.15) is 0 Å². The molecular formula is C26H24S2. The first-order valence-corrected chi connectivity index (χ1v) is 12.4. The van der Waals surface area contributed by atoms with Crippen molar-refractivity contribution >= 4 is 45.1 Å². The van der Waals surface area contributed by atoms with Crippen molar-refractivity contribution in [3.8, 4) is 0 Å². The van der Waals surface area contributed by atoms with E-state index in [-0.39, 0.29) is 0 Å². The molecule has 0 aliphatic carbocycles. The van der Waals surface area contributed by atoms with Crippen LogP contribution in [0, 0.1) is 0 Å². The molecule has 0 fully saturated rings. The van der Waals surface area contributed by atoms with Gasteiger partial charge in [-0.15, -0.1) is 0 Å². The molecule has 0 saturated heterocycles. The lowest BCUT2D eigenvalue weighted by Gasteiger charge is -2.15. The molecule has 0 saturated carbocycles. The van der Waals surface area contributed by atoms with Crippen LogP contribution >= 0.6 is 23.5 Å². The maximum atomic E-state index is 2.33. The van der Waals surface area contributed by atoms with E-state index < -0.39 is 0 Å². The van der Waals surface area contributed by atoms with Crippen LogP contribution in [0.15, 0.2) is 72.8 Å². The fourth-order valence-corrected chi connectivity index (χ4v) is 6.33. The largest absolute Gasteiger partial charge is 0.157 e. The summed E-state index contributed by atoms with van der Waals surface area (Å²) in [4.78, 5) is 0. The van der Waals surface area contributed by atoms with E-state index >= 15 is 0 Å². The standard InChI is InChI=1S/C26H24S2/c1-5-19-6-2-10-22-14-16-28-18-24-12-4-8-20-7-3-11-23(26(20)24)17-27-15-13-21(9-1)25(19)22/h1-12H,13-18H2. The van der Waals surface area contributed by atoms with Crippen LogP contribution in [0.2, 0.25) is 0 Å². The molecule has 28 heavy (non-hydrogen) atoms. The van der Waals surface area contributed by atoms with Crippen molar-refractivity contribution in [2.75, 3.05) is 11.5 Å². The van der Waals surface area contributed by atoms with Gasteiger partial charge < -0.3 is 0 Å². The topological polar surface area (TPSA) is 0 Å². The molecule has 4 aromatic rings. The van der Waals surface area contributed by atoms with Crippen molar-refractivity contribution in [2.24, 2.45) is 0 Å². The van der Waals surface area contributed by atoms with Crippen LogP contribution in [0.5, 0.6) is 0 Å². The summed E-state index contributed by atoms with van der Waals surface area (Å²) < 4.78 is 0. The third-order valence-electron chi connectivity index (χ3n) is 5.70. The Morgan fingerprint density at radius 3 is 1.32 bits per heavy atom. The van der Waals surface area contributed by atoms with E-state index in [1.165, 1.54) is 55.3 Å². The average molecular weight is 401 g/mol. The Hall–Kier alpha value is -1.90. The molecule has 0 radical (unpaired) electrons. The van der Waals surface area contributed by atoms with E-state index in [9.17, 15) is 0 Å². The van der Waals surface area contributed by atoms with Crippen molar-refractivity contribution in [1.82, 2.24) is 0 Å². The van der Waals surface area contributed by atoms with Crippen LogP contribution < -0.4 is 0 Å². The van der Waals surface area contributed by atoms with Crippen LogP contribution in [-0.4, -0.2) is 11.5 Å². The lowest BCUT2D eigenvalue weighted by molar-refractivity contribution is 1.14. The monoisotopic (exact) mass is 400 g/mol. The maximum absolute atomic E-state index is 2.33. The summed E-state index contributed by atoms with van der Waals surface area (Å²) in [5, 5.41) is 5.78. The second kappa shape index (κ2) is 8.23. The van der Waals surface area contributed by atoms with Crippen molar-refractivity contribution in [3.05, 3.63) is 95.1 Å². The SMILES string of the molecule is c1cc2c3c(cccc3c1)CCSCc1cccc3cccc(c13)CSCC2. The third-order valence-corrected chi connectivity index (χ3v) is 7.72. The molecule has 1 aliphatic heterocycles. The Morgan fingerprint density at radius 1 is 0.464 bits per heavy atom. The van der Waals surface area contributed by atoms with Gasteiger partial charge in [0, 0.05) is 11.5 Å². The Bertz CT molecular complexity index is 957. The van der Waals surface area contributed by atoms with Crippen LogP contribution in [-0.2, 0) is 24.3 Å². The summed E-state index contributed by atoms with van der Waals surface area (Å²) in [7, 11) is 0. The molecule has 0 nitrogen and oxygen atoms in total. The van der Waals surface area contributed by atoms with Gasteiger partial charge in [0.2, 0.25) is 0 Å². The van der Waals surface area contributed by atoms with Gasteiger partial charge in [0.25, 0.3) is 0 Å². The molecule has 0 spiro atoms. The van der Waals surface area contributed by atoms with Gasteiger partial charge in [-0.1, -0.05) is 72.8 Å². The minimum Gasteiger partial charge on any atom is -0.157 e. The third kappa shape index (κ3) is 3.56. The van der Waals surface area contributed by atoms with Crippen LogP contribution in [0.3, 0.4) is 0 Å². The summed E-state index contributed by atoms with van der Waals surface area (Å²) in [6.45, 7) is 0. The predicted molar refractivity (Wildman–Crippen MR) is 128 cm³/mol. The van der Waals surface area contributed by atoms with Gasteiger partial charge in [0.15, 0.2) is 0 Å². The lowest BCUT2D eigenvalue weighted by atomic mass is 9.96. The van der Waals surface area contributed by atoms with E-state index in [0.717, 1.165) is 24.3 Å². The number of thioether (sulfide) groups is 2. The Morgan fingerprint density at radius 2 is 0.857 bits per heavy atom. The normalized spacial score (nSPS) is 15.4. The molecule has 140 valence electrons. The smallest absolute Gasteiger partial charge is 0.0190 e. The first-order chi connectivity index (χ1) is 13.9. The quantitative estimate of drug-likeness (QED) is 0.305. The highest BCUT2D eigenvalue weighted by Gasteiger charge is 2.10. The number of aryl methyl sites for hydroxylation is 2. The molecule has 0 unspecified atom stereocenters. The number of hydrogen-bond donors (Lipinski definition) is 0. The minimum absolute atomic E-state index is 1.09. The van der Waals surface area contributed by atoms with Crippen molar-refractivity contribution < 1.29 is 0 Å². The molecule has 4 aromatic carbocycles. The molecule has 0 amide bonds. The number of hydrogen-bond acceptors (Lipinski definition) is 2. The fourth-order valence-electron chi connectivity index (χ4n) is 4.39. The van der Waals surface area contributed by atoms with Crippen molar-refractivity contribution in [1.29, 1.82) is 0 Å². The number of rotatable bonds is 0. The van der Waals surface area contributed by atoms with E-state index in [4.69, 9.17) is 0 Å². The van der Waals surface area contributed by atoms with E-state index in [2.05, 4.69) is 96.3 Å². The summed E-state index contributed by atoms with van der Waals surface area (Å²) in [6.07, 6.45) is 2.29. The average Bonchev–Trinajstić information content (AvgIpc) is 2.74. The second-order valence-corrected chi connectivity index (χ2v) is 9.68. The molecular weight excluding hydrogens is 376 g/mol. The highest BCUT2D eigenvalue weighted by atomic mass is 32.2. The van der Waals surface area contributed by atoms with Crippen LogP contribution in [0.4, 0.5) is 0 Å². The Balaban J connectivity index is 1.52. The van der Waals surface area contributed by atoms with Gasteiger partial charge in [-0.25, -0.2) is 0 Å². The lowest BCUT2D eigenvalue weighted by Crippen LogP contribution is -1.98. The summed E-state index contributed by atoms with van der Waals surface area (Å²) >= 11 is 4.14. The first-order valence-electron chi connectivity index (χ1n) is 10.0. The van der Waals surface area contributed by atoms with E-state index in [1.54, 1.807) is 0 Å². The molecule has 5 rings (SSSR count). The maximum Gasteiger partial charge on any atom is 0.0190 e. The van der Waals surface area contributed by atoms with E-state index in [0.29, 0.717) is 0 Å². The summed E-state index contributed by atoms with van der Waals surface area (Å²) in [5.41, 5.74) is 6.02. The molecule has 2 heteroatoms. The zero-order valence-electron chi connectivity index (χ0n) is 16.0. The van der Waals surface area contributed by atoms with Gasteiger partial charge in [-0.3, -0.25) is 0 Å². The second-order valence-electron chi connectivity index (χ2n) is 7.47. The molecule has 1 heterocycles. The van der Waals surface area contributed by atoms with E-state index in [1.807, 2.05) is 0 Å². The summed E-state index contributed by atoms with van der Waals surface area (Å²) in [6, 6.07) is 27.3. The molecule has 0 bridgehead atoms. The van der Waals surface area contributed by atoms with Crippen LogP contribution in [0.1, 0.15) is 22.3 Å². The van der Waals surface area contributed by atoms with Crippen molar-refractivity contribution in [2.45, 2.75) is 24.3 Å². The van der Waals surface area contributed by atoms with Gasteiger partial charge >= 0.3 is 0 Å².